The highest BCUT2D eigenvalue weighted by Crippen LogP contribution is 2.09. The van der Waals surface area contributed by atoms with E-state index in [4.69, 9.17) is 12.2 Å². The molecule has 0 fully saturated rings. The number of esters is 1. The summed E-state index contributed by atoms with van der Waals surface area (Å²) >= 11 is 5.12. The number of amides is 1. The highest BCUT2D eigenvalue weighted by atomic mass is 32.1. The van der Waals surface area contributed by atoms with Crippen LogP contribution < -0.4 is 10.6 Å². The van der Waals surface area contributed by atoms with Crippen molar-refractivity contribution >= 4 is 34.9 Å². The lowest BCUT2D eigenvalue weighted by Gasteiger charge is -2.10. The summed E-state index contributed by atoms with van der Waals surface area (Å²) in [6, 6.07) is 13.8. The summed E-state index contributed by atoms with van der Waals surface area (Å²) in [6.45, 7) is 1.98. The van der Waals surface area contributed by atoms with Gasteiger partial charge in [-0.05, 0) is 49.5 Å². The summed E-state index contributed by atoms with van der Waals surface area (Å²) in [6.07, 6.45) is 0. The Bertz CT molecular complexity index is 742. The third-order valence-corrected chi connectivity index (χ3v) is 3.29. The van der Waals surface area contributed by atoms with Crippen LogP contribution in [0.25, 0.3) is 0 Å². The molecular weight excluding hydrogens is 312 g/mol. The number of aryl methyl sites for hydroxylation is 1. The fourth-order valence-corrected chi connectivity index (χ4v) is 2.09. The Kier molecular flexibility index (Phi) is 5.43. The smallest absolute Gasteiger partial charge is 0.337 e. The van der Waals surface area contributed by atoms with Gasteiger partial charge in [-0.1, -0.05) is 23.8 Å². The molecule has 0 saturated heterocycles. The molecule has 0 spiro atoms. The molecule has 23 heavy (non-hydrogen) atoms. The molecule has 0 aliphatic rings. The molecule has 0 aromatic heterocycles. The second-order valence-electron chi connectivity index (χ2n) is 4.85. The maximum absolute atomic E-state index is 12.2. The van der Waals surface area contributed by atoms with Crippen LogP contribution in [-0.4, -0.2) is 24.1 Å². The van der Waals surface area contributed by atoms with Gasteiger partial charge in [-0.3, -0.25) is 10.1 Å². The van der Waals surface area contributed by atoms with E-state index in [0.717, 1.165) is 11.3 Å². The lowest BCUT2D eigenvalue weighted by Crippen LogP contribution is -2.34. The first-order chi connectivity index (χ1) is 11.0. The molecule has 0 unspecified atom stereocenters. The lowest BCUT2D eigenvalue weighted by molar-refractivity contribution is 0.0600. The Labute approximate surface area is 139 Å². The van der Waals surface area contributed by atoms with Crippen LogP contribution in [0.5, 0.6) is 0 Å². The second-order valence-corrected chi connectivity index (χ2v) is 5.25. The molecule has 6 heteroatoms. The number of carbonyl (C=O) groups is 2. The highest BCUT2D eigenvalue weighted by Gasteiger charge is 2.11. The molecule has 118 valence electrons. The number of hydrogen-bond acceptors (Lipinski definition) is 4. The minimum Gasteiger partial charge on any atom is -0.465 e. The van der Waals surface area contributed by atoms with E-state index in [1.807, 2.05) is 31.2 Å². The summed E-state index contributed by atoms with van der Waals surface area (Å²) in [5, 5.41) is 5.68. The van der Waals surface area contributed by atoms with E-state index in [2.05, 4.69) is 15.4 Å². The van der Waals surface area contributed by atoms with E-state index in [0.29, 0.717) is 11.1 Å². The van der Waals surface area contributed by atoms with Crippen LogP contribution in [-0.2, 0) is 4.74 Å². The number of thiocarbonyl (C=S) groups is 1. The average molecular weight is 328 g/mol. The van der Waals surface area contributed by atoms with Crippen molar-refractivity contribution in [2.75, 3.05) is 12.4 Å². The number of rotatable bonds is 3. The Morgan fingerprint density at radius 2 is 1.70 bits per heavy atom. The summed E-state index contributed by atoms with van der Waals surface area (Å²) in [7, 11) is 1.29. The first-order valence-electron chi connectivity index (χ1n) is 6.87. The number of ether oxygens (including phenoxy) is 1. The molecular formula is C17H16N2O3S. The van der Waals surface area contributed by atoms with Crippen molar-refractivity contribution in [1.82, 2.24) is 5.32 Å². The molecule has 1 amide bonds. The quantitative estimate of drug-likeness (QED) is 0.670. The normalized spacial score (nSPS) is 9.83. The van der Waals surface area contributed by atoms with Crippen LogP contribution in [0.3, 0.4) is 0 Å². The van der Waals surface area contributed by atoms with Crippen LogP contribution in [0.1, 0.15) is 26.3 Å². The fourth-order valence-electron chi connectivity index (χ4n) is 1.88. The van der Waals surface area contributed by atoms with Crippen molar-refractivity contribution in [2.45, 2.75) is 6.92 Å². The maximum atomic E-state index is 12.2. The fraction of sp³-hybridized carbons (Fsp3) is 0.118. The van der Waals surface area contributed by atoms with Crippen LogP contribution in [0.2, 0.25) is 0 Å². The van der Waals surface area contributed by atoms with Crippen molar-refractivity contribution < 1.29 is 14.3 Å². The molecule has 2 rings (SSSR count). The van der Waals surface area contributed by atoms with E-state index < -0.39 is 11.9 Å². The van der Waals surface area contributed by atoms with Crippen LogP contribution in [0, 0.1) is 6.92 Å². The SMILES string of the molecule is COC(=O)c1cccc(C(=O)NC(=S)Nc2ccc(C)cc2)c1. The molecule has 2 aromatic carbocycles. The Morgan fingerprint density at radius 3 is 2.35 bits per heavy atom. The number of anilines is 1. The van der Waals surface area contributed by atoms with Gasteiger partial charge in [0.15, 0.2) is 5.11 Å². The molecule has 0 aliphatic heterocycles. The van der Waals surface area contributed by atoms with Gasteiger partial charge in [0.1, 0.15) is 0 Å². The topological polar surface area (TPSA) is 67.4 Å². The molecule has 0 heterocycles. The second kappa shape index (κ2) is 7.51. The van der Waals surface area contributed by atoms with Gasteiger partial charge < -0.3 is 10.1 Å². The highest BCUT2D eigenvalue weighted by molar-refractivity contribution is 7.80. The van der Waals surface area contributed by atoms with Gasteiger partial charge >= 0.3 is 5.97 Å². The van der Waals surface area contributed by atoms with Crippen LogP contribution >= 0.6 is 12.2 Å². The zero-order chi connectivity index (χ0) is 16.8. The Morgan fingerprint density at radius 1 is 1.04 bits per heavy atom. The molecule has 0 saturated carbocycles. The van der Waals surface area contributed by atoms with Crippen molar-refractivity contribution in [3.05, 3.63) is 65.2 Å². The van der Waals surface area contributed by atoms with Gasteiger partial charge in [-0.25, -0.2) is 4.79 Å². The standard InChI is InChI=1S/C17H16N2O3S/c1-11-6-8-14(9-7-11)18-17(23)19-15(20)12-4-3-5-13(10-12)16(21)22-2/h3-10H,1-2H3,(H2,18,19,20,23). The molecule has 2 aromatic rings. The predicted molar refractivity (Wildman–Crippen MR) is 92.6 cm³/mol. The van der Waals surface area contributed by atoms with Crippen LogP contribution in [0.15, 0.2) is 48.5 Å². The molecule has 0 bridgehead atoms. The molecule has 5 nitrogen and oxygen atoms in total. The van der Waals surface area contributed by atoms with Gasteiger partial charge in [-0.2, -0.15) is 0 Å². The van der Waals surface area contributed by atoms with Crippen molar-refractivity contribution in [2.24, 2.45) is 0 Å². The van der Waals surface area contributed by atoms with E-state index >= 15 is 0 Å². The maximum Gasteiger partial charge on any atom is 0.337 e. The van der Waals surface area contributed by atoms with Gasteiger partial charge in [-0.15, -0.1) is 0 Å². The third-order valence-electron chi connectivity index (χ3n) is 3.08. The molecule has 0 atom stereocenters. The number of hydrogen-bond donors (Lipinski definition) is 2. The monoisotopic (exact) mass is 328 g/mol. The number of carbonyl (C=O) groups excluding carboxylic acids is 2. The molecule has 0 radical (unpaired) electrons. The van der Waals surface area contributed by atoms with E-state index in [9.17, 15) is 9.59 Å². The first-order valence-corrected chi connectivity index (χ1v) is 7.28. The largest absolute Gasteiger partial charge is 0.465 e. The Hall–Kier alpha value is -2.73. The minimum atomic E-state index is -0.500. The van der Waals surface area contributed by atoms with Crippen molar-refractivity contribution in [1.29, 1.82) is 0 Å². The molecule has 0 aliphatic carbocycles. The number of nitrogens with one attached hydrogen (secondary N) is 2. The Balaban J connectivity index is 2.02. The van der Waals surface area contributed by atoms with E-state index in [1.165, 1.54) is 13.2 Å². The zero-order valence-electron chi connectivity index (χ0n) is 12.8. The summed E-state index contributed by atoms with van der Waals surface area (Å²) < 4.78 is 4.63. The van der Waals surface area contributed by atoms with Crippen molar-refractivity contribution in [3.63, 3.8) is 0 Å². The van der Waals surface area contributed by atoms with Crippen molar-refractivity contribution in [3.8, 4) is 0 Å². The van der Waals surface area contributed by atoms with E-state index in [1.54, 1.807) is 18.2 Å². The summed E-state index contributed by atoms with van der Waals surface area (Å²) in [5.74, 6) is -0.902. The lowest BCUT2D eigenvalue weighted by atomic mass is 10.1. The van der Waals surface area contributed by atoms with Gasteiger partial charge in [0, 0.05) is 11.3 Å². The minimum absolute atomic E-state index is 0.183. The van der Waals surface area contributed by atoms with Gasteiger partial charge in [0.2, 0.25) is 0 Å². The van der Waals surface area contributed by atoms with Crippen LogP contribution in [0.4, 0.5) is 5.69 Å². The van der Waals surface area contributed by atoms with E-state index in [-0.39, 0.29) is 5.11 Å². The summed E-state index contributed by atoms with van der Waals surface area (Å²) in [5.41, 5.74) is 2.54. The zero-order valence-corrected chi connectivity index (χ0v) is 13.6. The van der Waals surface area contributed by atoms with Gasteiger partial charge in [0.05, 0.1) is 12.7 Å². The first kappa shape index (κ1) is 16.6. The predicted octanol–water partition coefficient (Wildman–Crippen LogP) is 2.91. The van der Waals surface area contributed by atoms with Gasteiger partial charge in [0.25, 0.3) is 5.91 Å². The average Bonchev–Trinajstić information content (AvgIpc) is 2.56. The number of methoxy groups -OCH3 is 1. The molecule has 2 N–H and O–H groups in total. The number of benzene rings is 2. The summed E-state index contributed by atoms with van der Waals surface area (Å²) in [4.78, 5) is 23.7. The third kappa shape index (κ3) is 4.62.